The summed E-state index contributed by atoms with van der Waals surface area (Å²) in [5.41, 5.74) is 1.19. The molecule has 1 aromatic heterocycles. The second kappa shape index (κ2) is 4.81. The number of hydrogen-bond donors (Lipinski definition) is 1. The van der Waals surface area contributed by atoms with E-state index in [0.717, 1.165) is 6.61 Å². The number of furan rings is 1. The SMILES string of the molecule is CC(NC(C)C1CCCO1)c1ccoc1. The van der Waals surface area contributed by atoms with E-state index in [1.807, 2.05) is 6.07 Å². The maximum atomic E-state index is 5.65. The quantitative estimate of drug-likeness (QED) is 0.827. The standard InChI is InChI=1S/C12H19NO2/c1-9(11-5-7-14-8-11)13-10(2)12-4-3-6-15-12/h5,7-10,12-13H,3-4,6H2,1-2H3. The van der Waals surface area contributed by atoms with Crippen LogP contribution in [0.3, 0.4) is 0 Å². The first-order valence-electron chi connectivity index (χ1n) is 5.67. The van der Waals surface area contributed by atoms with Gasteiger partial charge >= 0.3 is 0 Å². The van der Waals surface area contributed by atoms with Gasteiger partial charge in [-0.1, -0.05) is 0 Å². The van der Waals surface area contributed by atoms with Gasteiger partial charge in [0.25, 0.3) is 0 Å². The highest BCUT2D eigenvalue weighted by molar-refractivity contribution is 5.10. The second-order valence-electron chi connectivity index (χ2n) is 4.29. The maximum Gasteiger partial charge on any atom is 0.0950 e. The minimum absolute atomic E-state index is 0.322. The van der Waals surface area contributed by atoms with Crippen molar-refractivity contribution in [2.45, 2.75) is 44.9 Å². The molecule has 3 nitrogen and oxygen atoms in total. The van der Waals surface area contributed by atoms with Crippen molar-refractivity contribution in [1.29, 1.82) is 0 Å². The lowest BCUT2D eigenvalue weighted by molar-refractivity contribution is 0.0804. The van der Waals surface area contributed by atoms with Crippen LogP contribution in [-0.2, 0) is 4.74 Å². The molecule has 0 aliphatic carbocycles. The Hall–Kier alpha value is -0.800. The van der Waals surface area contributed by atoms with Gasteiger partial charge in [0.2, 0.25) is 0 Å². The first-order valence-corrected chi connectivity index (χ1v) is 5.67. The molecule has 1 N–H and O–H groups in total. The van der Waals surface area contributed by atoms with E-state index in [4.69, 9.17) is 9.15 Å². The molecule has 0 saturated carbocycles. The van der Waals surface area contributed by atoms with E-state index in [1.165, 1.54) is 18.4 Å². The van der Waals surface area contributed by atoms with Gasteiger partial charge in [0.05, 0.1) is 18.6 Å². The molecule has 0 spiro atoms. The van der Waals surface area contributed by atoms with Gasteiger partial charge in [0.1, 0.15) is 0 Å². The van der Waals surface area contributed by atoms with Gasteiger partial charge < -0.3 is 14.5 Å². The van der Waals surface area contributed by atoms with Gasteiger partial charge in [-0.2, -0.15) is 0 Å². The topological polar surface area (TPSA) is 34.4 Å². The van der Waals surface area contributed by atoms with Gasteiger partial charge in [0, 0.05) is 24.3 Å². The normalized spacial score (nSPS) is 25.3. The van der Waals surface area contributed by atoms with Gasteiger partial charge in [-0.25, -0.2) is 0 Å². The first kappa shape index (κ1) is 10.7. The van der Waals surface area contributed by atoms with E-state index in [-0.39, 0.29) is 0 Å². The Bertz CT molecular complexity index is 278. The molecule has 1 saturated heterocycles. The van der Waals surface area contributed by atoms with E-state index in [2.05, 4.69) is 19.2 Å². The predicted octanol–water partition coefficient (Wildman–Crippen LogP) is 2.50. The zero-order valence-electron chi connectivity index (χ0n) is 9.40. The summed E-state index contributed by atoms with van der Waals surface area (Å²) in [4.78, 5) is 0. The molecular weight excluding hydrogens is 190 g/mol. The van der Waals surface area contributed by atoms with Crippen LogP contribution in [0.1, 0.15) is 38.3 Å². The molecule has 1 aliphatic rings. The van der Waals surface area contributed by atoms with Crippen molar-refractivity contribution in [2.24, 2.45) is 0 Å². The third-order valence-electron chi connectivity index (χ3n) is 3.08. The molecule has 0 radical (unpaired) electrons. The van der Waals surface area contributed by atoms with Gasteiger partial charge in [-0.15, -0.1) is 0 Å². The molecule has 84 valence electrons. The van der Waals surface area contributed by atoms with Crippen LogP contribution in [0.25, 0.3) is 0 Å². The van der Waals surface area contributed by atoms with Crippen LogP contribution < -0.4 is 5.32 Å². The van der Waals surface area contributed by atoms with Crippen LogP contribution >= 0.6 is 0 Å². The summed E-state index contributed by atoms with van der Waals surface area (Å²) in [5, 5.41) is 3.54. The van der Waals surface area contributed by atoms with Gasteiger partial charge in [-0.05, 0) is 32.8 Å². The second-order valence-corrected chi connectivity index (χ2v) is 4.29. The number of ether oxygens (including phenoxy) is 1. The lowest BCUT2D eigenvalue weighted by Crippen LogP contribution is -2.38. The maximum absolute atomic E-state index is 5.65. The fraction of sp³-hybridized carbons (Fsp3) is 0.667. The molecule has 2 heterocycles. The highest BCUT2D eigenvalue weighted by atomic mass is 16.5. The van der Waals surface area contributed by atoms with Crippen LogP contribution in [-0.4, -0.2) is 18.8 Å². The Balaban J connectivity index is 1.85. The summed E-state index contributed by atoms with van der Waals surface area (Å²) < 4.78 is 10.7. The zero-order valence-corrected chi connectivity index (χ0v) is 9.40. The molecule has 0 aromatic carbocycles. The number of rotatable bonds is 4. The van der Waals surface area contributed by atoms with E-state index in [1.54, 1.807) is 12.5 Å². The number of nitrogens with one attached hydrogen (secondary N) is 1. The lowest BCUT2D eigenvalue weighted by atomic mass is 10.1. The molecular formula is C12H19NO2. The van der Waals surface area contributed by atoms with Crippen LogP contribution in [0.4, 0.5) is 0 Å². The molecule has 15 heavy (non-hydrogen) atoms. The van der Waals surface area contributed by atoms with Gasteiger partial charge in [-0.3, -0.25) is 0 Å². The predicted molar refractivity (Wildman–Crippen MR) is 58.7 cm³/mol. The minimum atomic E-state index is 0.322. The third kappa shape index (κ3) is 2.61. The van der Waals surface area contributed by atoms with Crippen molar-refractivity contribution in [3.63, 3.8) is 0 Å². The molecule has 3 heteroatoms. The largest absolute Gasteiger partial charge is 0.472 e. The monoisotopic (exact) mass is 209 g/mol. The Kier molecular flexibility index (Phi) is 3.44. The van der Waals surface area contributed by atoms with Crippen molar-refractivity contribution in [3.8, 4) is 0 Å². The van der Waals surface area contributed by atoms with Crippen LogP contribution in [0, 0.1) is 0 Å². The molecule has 3 unspecified atom stereocenters. The average molecular weight is 209 g/mol. The Morgan fingerprint density at radius 3 is 2.93 bits per heavy atom. The van der Waals surface area contributed by atoms with Gasteiger partial charge in [0.15, 0.2) is 0 Å². The zero-order chi connectivity index (χ0) is 10.7. The van der Waals surface area contributed by atoms with Crippen molar-refractivity contribution < 1.29 is 9.15 Å². The van der Waals surface area contributed by atoms with Crippen molar-refractivity contribution >= 4 is 0 Å². The summed E-state index contributed by atoms with van der Waals surface area (Å²) in [5.74, 6) is 0. The third-order valence-corrected chi connectivity index (χ3v) is 3.08. The summed E-state index contributed by atoms with van der Waals surface area (Å²) >= 11 is 0. The van der Waals surface area contributed by atoms with Crippen LogP contribution in [0.5, 0.6) is 0 Å². The highest BCUT2D eigenvalue weighted by Crippen LogP contribution is 2.19. The van der Waals surface area contributed by atoms with E-state index >= 15 is 0 Å². The minimum Gasteiger partial charge on any atom is -0.472 e. The Morgan fingerprint density at radius 1 is 1.47 bits per heavy atom. The van der Waals surface area contributed by atoms with Crippen LogP contribution in [0.2, 0.25) is 0 Å². The van der Waals surface area contributed by atoms with Crippen molar-refractivity contribution in [2.75, 3.05) is 6.61 Å². The first-order chi connectivity index (χ1) is 7.27. The summed E-state index contributed by atoms with van der Waals surface area (Å²) in [7, 11) is 0. The van der Waals surface area contributed by atoms with Crippen LogP contribution in [0.15, 0.2) is 23.0 Å². The summed E-state index contributed by atoms with van der Waals surface area (Å²) in [6.07, 6.45) is 6.24. The molecule has 3 atom stereocenters. The fourth-order valence-electron chi connectivity index (χ4n) is 2.12. The summed E-state index contributed by atoms with van der Waals surface area (Å²) in [6.45, 7) is 5.25. The lowest BCUT2D eigenvalue weighted by Gasteiger charge is -2.23. The molecule has 1 aromatic rings. The molecule has 1 aliphatic heterocycles. The van der Waals surface area contributed by atoms with E-state index in [0.29, 0.717) is 18.2 Å². The average Bonchev–Trinajstić information content (AvgIpc) is 2.91. The number of hydrogen-bond acceptors (Lipinski definition) is 3. The summed E-state index contributed by atoms with van der Waals surface area (Å²) in [6, 6.07) is 2.72. The van der Waals surface area contributed by atoms with Crippen molar-refractivity contribution in [3.05, 3.63) is 24.2 Å². The molecule has 1 fully saturated rings. The Morgan fingerprint density at radius 2 is 2.33 bits per heavy atom. The highest BCUT2D eigenvalue weighted by Gasteiger charge is 2.23. The Labute approximate surface area is 90.8 Å². The smallest absolute Gasteiger partial charge is 0.0950 e. The fourth-order valence-corrected chi connectivity index (χ4v) is 2.12. The molecule has 0 amide bonds. The molecule has 0 bridgehead atoms. The molecule has 2 rings (SSSR count). The van der Waals surface area contributed by atoms with E-state index < -0.39 is 0 Å². The van der Waals surface area contributed by atoms with E-state index in [9.17, 15) is 0 Å². The van der Waals surface area contributed by atoms with Crippen molar-refractivity contribution in [1.82, 2.24) is 5.32 Å².